The van der Waals surface area contributed by atoms with Gasteiger partial charge in [-0.25, -0.2) is 4.79 Å². The molecule has 0 saturated heterocycles. The maximum absolute atomic E-state index is 10.7. The molecule has 0 saturated carbocycles. The fraction of sp³-hybridized carbons (Fsp3) is 0.364. The monoisotopic (exact) mass is 270 g/mol. The van der Waals surface area contributed by atoms with Gasteiger partial charge in [-0.05, 0) is 6.07 Å². The van der Waals surface area contributed by atoms with Crippen molar-refractivity contribution < 1.29 is 24.3 Å². The lowest BCUT2D eigenvalue weighted by Gasteiger charge is -2.08. The largest absolute Gasteiger partial charge is 0.490 e. The van der Waals surface area contributed by atoms with E-state index in [2.05, 4.69) is 5.32 Å². The van der Waals surface area contributed by atoms with Gasteiger partial charge in [-0.1, -0.05) is 0 Å². The number of carbonyl (C=O) groups is 1. The van der Waals surface area contributed by atoms with Gasteiger partial charge in [-0.2, -0.15) is 0 Å². The topological polar surface area (TPSA) is 111 Å². The van der Waals surface area contributed by atoms with Gasteiger partial charge < -0.3 is 19.9 Å². The summed E-state index contributed by atoms with van der Waals surface area (Å²) in [4.78, 5) is 20.3. The minimum Gasteiger partial charge on any atom is -0.490 e. The summed E-state index contributed by atoms with van der Waals surface area (Å²) >= 11 is 0. The van der Waals surface area contributed by atoms with E-state index in [9.17, 15) is 14.9 Å². The molecule has 8 nitrogen and oxygen atoms in total. The average Bonchev–Trinajstić information content (AvgIpc) is 2.37. The number of carboxylic acids is 1. The maximum Gasteiger partial charge on any atom is 0.329 e. The molecule has 0 bridgehead atoms. The van der Waals surface area contributed by atoms with Crippen LogP contribution in [0, 0.1) is 10.1 Å². The first kappa shape index (κ1) is 14.7. The quantitative estimate of drug-likeness (QED) is 0.413. The summed E-state index contributed by atoms with van der Waals surface area (Å²) < 4.78 is 9.75. The third kappa shape index (κ3) is 4.80. The molecule has 8 heteroatoms. The van der Waals surface area contributed by atoms with E-state index in [0.717, 1.165) is 0 Å². The number of ether oxygens (including phenoxy) is 2. The Kier molecular flexibility index (Phi) is 5.55. The highest BCUT2D eigenvalue weighted by molar-refractivity contribution is 5.68. The minimum atomic E-state index is -1.03. The standard InChI is InChI=1S/C11H14N2O6/c1-18-10-6-8(2-3-9(10)13(16)17)12-4-5-19-7-11(14)15/h2-3,6,12H,4-5,7H2,1H3,(H,14,15). The number of nitrogens with zero attached hydrogens (tertiary/aromatic N) is 1. The van der Waals surface area contributed by atoms with Gasteiger partial charge >= 0.3 is 11.7 Å². The van der Waals surface area contributed by atoms with E-state index in [4.69, 9.17) is 14.6 Å². The van der Waals surface area contributed by atoms with Crippen molar-refractivity contribution in [1.29, 1.82) is 0 Å². The van der Waals surface area contributed by atoms with E-state index >= 15 is 0 Å². The van der Waals surface area contributed by atoms with Gasteiger partial charge in [0, 0.05) is 24.4 Å². The Morgan fingerprint density at radius 1 is 1.53 bits per heavy atom. The van der Waals surface area contributed by atoms with Crippen molar-refractivity contribution >= 4 is 17.3 Å². The van der Waals surface area contributed by atoms with Gasteiger partial charge in [0.25, 0.3) is 0 Å². The summed E-state index contributed by atoms with van der Waals surface area (Å²) in [5.74, 6) is -0.876. The van der Waals surface area contributed by atoms with Crippen LogP contribution in [-0.2, 0) is 9.53 Å². The van der Waals surface area contributed by atoms with Gasteiger partial charge in [0.1, 0.15) is 6.61 Å². The molecular weight excluding hydrogens is 256 g/mol. The Labute approximate surface area is 109 Å². The summed E-state index contributed by atoms with van der Waals surface area (Å²) in [6, 6.07) is 4.37. The number of carboxylic acid groups (broad SMARTS) is 1. The third-order valence-electron chi connectivity index (χ3n) is 2.18. The zero-order valence-corrected chi connectivity index (χ0v) is 10.3. The summed E-state index contributed by atoms with van der Waals surface area (Å²) in [5.41, 5.74) is 0.511. The lowest BCUT2D eigenvalue weighted by Crippen LogP contribution is -2.14. The van der Waals surface area contributed by atoms with Crippen LogP contribution in [0.15, 0.2) is 18.2 Å². The molecule has 19 heavy (non-hydrogen) atoms. The zero-order chi connectivity index (χ0) is 14.3. The maximum atomic E-state index is 10.7. The number of methoxy groups -OCH3 is 1. The zero-order valence-electron chi connectivity index (χ0n) is 10.3. The Hall–Kier alpha value is -2.35. The first-order chi connectivity index (χ1) is 9.04. The minimum absolute atomic E-state index is 0.116. The second kappa shape index (κ2) is 7.17. The number of aliphatic carboxylic acids is 1. The van der Waals surface area contributed by atoms with Crippen LogP contribution >= 0.6 is 0 Å². The molecule has 1 aromatic carbocycles. The molecule has 0 aliphatic rings. The molecule has 104 valence electrons. The van der Waals surface area contributed by atoms with E-state index in [1.165, 1.54) is 25.3 Å². The molecule has 0 radical (unpaired) electrons. The van der Waals surface area contributed by atoms with Crippen LogP contribution < -0.4 is 10.1 Å². The Balaban J connectivity index is 2.51. The molecule has 0 aromatic heterocycles. The summed E-state index contributed by atoms with van der Waals surface area (Å²) in [6.07, 6.45) is 0. The average molecular weight is 270 g/mol. The van der Waals surface area contributed by atoms with Gasteiger partial charge in [0.05, 0.1) is 18.6 Å². The summed E-state index contributed by atoms with van der Waals surface area (Å²) in [5, 5.41) is 22.0. The SMILES string of the molecule is COc1cc(NCCOCC(=O)O)ccc1[N+](=O)[O-]. The molecule has 1 aromatic rings. The predicted molar refractivity (Wildman–Crippen MR) is 66.6 cm³/mol. The van der Waals surface area contributed by atoms with Gasteiger partial charge in [-0.3, -0.25) is 10.1 Å². The number of anilines is 1. The van der Waals surface area contributed by atoms with Crippen LogP contribution in [0.1, 0.15) is 0 Å². The van der Waals surface area contributed by atoms with Crippen LogP contribution in [0.4, 0.5) is 11.4 Å². The summed E-state index contributed by atoms with van der Waals surface area (Å²) in [7, 11) is 1.35. The highest BCUT2D eigenvalue weighted by Crippen LogP contribution is 2.29. The van der Waals surface area contributed by atoms with Crippen molar-refractivity contribution in [3.05, 3.63) is 28.3 Å². The molecule has 1 rings (SSSR count). The summed E-state index contributed by atoms with van der Waals surface area (Å²) in [6.45, 7) is 0.241. The number of rotatable bonds is 8. The number of hydrogen-bond acceptors (Lipinski definition) is 6. The molecule has 2 N–H and O–H groups in total. The van der Waals surface area contributed by atoms with Crippen LogP contribution in [0.25, 0.3) is 0 Å². The molecule has 0 amide bonds. The number of nitro benzene ring substituents is 1. The predicted octanol–water partition coefficient (Wildman–Crippen LogP) is 1.12. The van der Waals surface area contributed by atoms with Crippen molar-refractivity contribution in [2.75, 3.05) is 32.2 Å². The van der Waals surface area contributed by atoms with Crippen molar-refractivity contribution in [2.24, 2.45) is 0 Å². The van der Waals surface area contributed by atoms with E-state index < -0.39 is 10.9 Å². The highest BCUT2D eigenvalue weighted by Gasteiger charge is 2.14. The Bertz CT molecular complexity index is 462. The van der Waals surface area contributed by atoms with Crippen LogP contribution in [0.5, 0.6) is 5.75 Å². The normalized spacial score (nSPS) is 9.95. The van der Waals surface area contributed by atoms with Crippen LogP contribution in [0.3, 0.4) is 0 Å². The van der Waals surface area contributed by atoms with Crippen LogP contribution in [-0.4, -0.2) is 42.9 Å². The van der Waals surface area contributed by atoms with Crippen LogP contribution in [0.2, 0.25) is 0 Å². The second-order valence-electron chi connectivity index (χ2n) is 3.52. The third-order valence-corrected chi connectivity index (χ3v) is 2.18. The van der Waals surface area contributed by atoms with E-state index in [1.54, 1.807) is 0 Å². The number of nitrogens with one attached hydrogen (secondary N) is 1. The van der Waals surface area contributed by atoms with E-state index in [0.29, 0.717) is 12.2 Å². The molecule has 0 aliphatic carbocycles. The lowest BCUT2D eigenvalue weighted by molar-refractivity contribution is -0.385. The molecule has 0 atom stereocenters. The lowest BCUT2D eigenvalue weighted by atomic mass is 10.2. The van der Waals surface area contributed by atoms with Crippen molar-refractivity contribution in [2.45, 2.75) is 0 Å². The molecule has 0 fully saturated rings. The van der Waals surface area contributed by atoms with Gasteiger partial charge in [-0.15, -0.1) is 0 Å². The van der Waals surface area contributed by atoms with E-state index in [1.807, 2.05) is 0 Å². The number of hydrogen-bond donors (Lipinski definition) is 2. The first-order valence-corrected chi connectivity index (χ1v) is 5.40. The van der Waals surface area contributed by atoms with Gasteiger partial charge in [0.15, 0.2) is 5.75 Å². The first-order valence-electron chi connectivity index (χ1n) is 5.40. The molecule has 0 spiro atoms. The van der Waals surface area contributed by atoms with E-state index in [-0.39, 0.29) is 24.7 Å². The fourth-order valence-electron chi connectivity index (χ4n) is 1.37. The van der Waals surface area contributed by atoms with Crippen molar-refractivity contribution in [3.63, 3.8) is 0 Å². The molecule has 0 heterocycles. The second-order valence-corrected chi connectivity index (χ2v) is 3.52. The van der Waals surface area contributed by atoms with Gasteiger partial charge in [0.2, 0.25) is 0 Å². The Morgan fingerprint density at radius 2 is 2.26 bits per heavy atom. The van der Waals surface area contributed by atoms with Crippen molar-refractivity contribution in [1.82, 2.24) is 0 Å². The number of nitro groups is 1. The Morgan fingerprint density at radius 3 is 2.84 bits per heavy atom. The fourth-order valence-corrected chi connectivity index (χ4v) is 1.37. The molecule has 0 aliphatic heterocycles. The smallest absolute Gasteiger partial charge is 0.329 e. The number of benzene rings is 1. The molecule has 0 unspecified atom stereocenters. The van der Waals surface area contributed by atoms with Crippen molar-refractivity contribution in [3.8, 4) is 5.75 Å². The highest BCUT2D eigenvalue weighted by atomic mass is 16.6. The molecular formula is C11H14N2O6.